The van der Waals surface area contributed by atoms with Crippen LogP contribution in [-0.4, -0.2) is 16.9 Å². The number of aryl methyl sites for hydroxylation is 1. The van der Waals surface area contributed by atoms with Gasteiger partial charge in [0, 0.05) is 18.2 Å². The molecular formula is C14H18FN3O. The minimum atomic E-state index is -0.285. The van der Waals surface area contributed by atoms with Gasteiger partial charge in [-0.1, -0.05) is 13.8 Å². The Morgan fingerprint density at radius 2 is 2.05 bits per heavy atom. The monoisotopic (exact) mass is 263 g/mol. The van der Waals surface area contributed by atoms with Gasteiger partial charge < -0.3 is 10.5 Å². The van der Waals surface area contributed by atoms with Gasteiger partial charge in [0.15, 0.2) is 0 Å². The number of benzene rings is 1. The fourth-order valence-corrected chi connectivity index (χ4v) is 2.15. The molecule has 4 nitrogen and oxygen atoms in total. The number of rotatable bonds is 3. The Kier molecular flexibility index (Phi) is 3.46. The molecule has 0 unspecified atom stereocenters. The molecule has 0 amide bonds. The Bertz CT molecular complexity index is 605. The van der Waals surface area contributed by atoms with Gasteiger partial charge in [-0.25, -0.2) is 4.39 Å². The maximum Gasteiger partial charge on any atom is 0.130 e. The summed E-state index contributed by atoms with van der Waals surface area (Å²) in [6.45, 7) is 3.86. The first-order chi connectivity index (χ1) is 8.95. The summed E-state index contributed by atoms with van der Waals surface area (Å²) in [6, 6.07) is 3.27. The van der Waals surface area contributed by atoms with Crippen LogP contribution in [0.25, 0.3) is 11.1 Å². The van der Waals surface area contributed by atoms with E-state index in [1.807, 2.05) is 13.8 Å². The van der Waals surface area contributed by atoms with Crippen LogP contribution in [-0.2, 0) is 7.05 Å². The van der Waals surface area contributed by atoms with Gasteiger partial charge in [0.1, 0.15) is 17.4 Å². The number of ether oxygens (including phenoxy) is 1. The number of methoxy groups -OCH3 is 1. The van der Waals surface area contributed by atoms with Crippen molar-refractivity contribution in [2.24, 2.45) is 7.05 Å². The number of nitrogens with zero attached hydrogens (tertiary/aromatic N) is 2. The maximum absolute atomic E-state index is 14.2. The Morgan fingerprint density at radius 1 is 1.37 bits per heavy atom. The van der Waals surface area contributed by atoms with E-state index in [0.29, 0.717) is 28.3 Å². The van der Waals surface area contributed by atoms with E-state index in [1.165, 1.54) is 13.2 Å². The average Bonchev–Trinajstić information content (AvgIpc) is 2.68. The summed E-state index contributed by atoms with van der Waals surface area (Å²) in [6.07, 6.45) is 1.62. The van der Waals surface area contributed by atoms with Crippen molar-refractivity contribution in [2.45, 2.75) is 19.8 Å². The molecule has 0 saturated carbocycles. The number of nitrogens with two attached hydrogens (primary N) is 1. The van der Waals surface area contributed by atoms with Crippen LogP contribution in [0.2, 0.25) is 0 Å². The molecule has 0 radical (unpaired) electrons. The second-order valence-electron chi connectivity index (χ2n) is 4.80. The number of aromatic nitrogens is 2. The summed E-state index contributed by atoms with van der Waals surface area (Å²) < 4.78 is 21.1. The van der Waals surface area contributed by atoms with Gasteiger partial charge >= 0.3 is 0 Å². The molecule has 0 aliphatic heterocycles. The molecule has 1 heterocycles. The van der Waals surface area contributed by atoms with E-state index in [1.54, 1.807) is 24.0 Å². The molecule has 19 heavy (non-hydrogen) atoms. The van der Waals surface area contributed by atoms with Crippen molar-refractivity contribution in [3.8, 4) is 16.9 Å². The van der Waals surface area contributed by atoms with Crippen LogP contribution in [0.1, 0.15) is 25.3 Å². The van der Waals surface area contributed by atoms with E-state index in [0.717, 1.165) is 0 Å². The number of anilines is 1. The smallest absolute Gasteiger partial charge is 0.130 e. The highest BCUT2D eigenvalue weighted by molar-refractivity contribution is 5.75. The van der Waals surface area contributed by atoms with Crippen molar-refractivity contribution in [2.75, 3.05) is 12.8 Å². The predicted molar refractivity (Wildman–Crippen MR) is 73.7 cm³/mol. The standard InChI is InChI=1S/C14H18FN3O/c1-8(2)13-11(15)5-9(6-12(13)19-4)10-7-17-18(3)14(10)16/h5-8H,16H2,1-4H3. The zero-order valence-corrected chi connectivity index (χ0v) is 11.6. The van der Waals surface area contributed by atoms with Crippen molar-refractivity contribution >= 4 is 5.82 Å². The van der Waals surface area contributed by atoms with Gasteiger partial charge in [-0.3, -0.25) is 4.68 Å². The summed E-state index contributed by atoms with van der Waals surface area (Å²) in [5.74, 6) is 0.801. The summed E-state index contributed by atoms with van der Waals surface area (Å²) in [4.78, 5) is 0. The average molecular weight is 263 g/mol. The molecule has 2 aromatic rings. The van der Waals surface area contributed by atoms with Crippen molar-refractivity contribution < 1.29 is 9.13 Å². The van der Waals surface area contributed by atoms with Crippen LogP contribution in [0.15, 0.2) is 18.3 Å². The topological polar surface area (TPSA) is 53.1 Å². The van der Waals surface area contributed by atoms with E-state index in [4.69, 9.17) is 10.5 Å². The second kappa shape index (κ2) is 4.91. The predicted octanol–water partition coefficient (Wildman–Crippen LogP) is 2.94. The fourth-order valence-electron chi connectivity index (χ4n) is 2.15. The summed E-state index contributed by atoms with van der Waals surface area (Å²) in [7, 11) is 3.28. The summed E-state index contributed by atoms with van der Waals surface area (Å²) in [5, 5.41) is 4.06. The van der Waals surface area contributed by atoms with Gasteiger partial charge in [-0.15, -0.1) is 0 Å². The van der Waals surface area contributed by atoms with E-state index in [-0.39, 0.29) is 11.7 Å². The molecular weight excluding hydrogens is 245 g/mol. The molecule has 0 aliphatic rings. The van der Waals surface area contributed by atoms with Crippen molar-refractivity contribution in [1.29, 1.82) is 0 Å². The van der Waals surface area contributed by atoms with Gasteiger partial charge in [-0.05, 0) is 23.6 Å². The highest BCUT2D eigenvalue weighted by Crippen LogP contribution is 2.35. The molecule has 0 aliphatic carbocycles. The molecule has 0 bridgehead atoms. The Morgan fingerprint density at radius 3 is 2.53 bits per heavy atom. The molecule has 0 saturated heterocycles. The lowest BCUT2D eigenvalue weighted by molar-refractivity contribution is 0.402. The van der Waals surface area contributed by atoms with E-state index in [2.05, 4.69) is 5.10 Å². The molecule has 2 rings (SSSR count). The zero-order chi connectivity index (χ0) is 14.2. The third-order valence-corrected chi connectivity index (χ3v) is 3.18. The minimum absolute atomic E-state index is 0.0512. The highest BCUT2D eigenvalue weighted by atomic mass is 19.1. The summed E-state index contributed by atoms with van der Waals surface area (Å²) >= 11 is 0. The first kappa shape index (κ1) is 13.4. The van der Waals surface area contributed by atoms with Gasteiger partial charge in [0.25, 0.3) is 0 Å². The number of hydrogen-bond donors (Lipinski definition) is 1. The van der Waals surface area contributed by atoms with Gasteiger partial charge in [-0.2, -0.15) is 5.10 Å². The van der Waals surface area contributed by atoms with Crippen LogP contribution in [0.4, 0.5) is 10.2 Å². The Labute approximate surface area is 112 Å². The van der Waals surface area contributed by atoms with Crippen LogP contribution in [0.5, 0.6) is 5.75 Å². The van der Waals surface area contributed by atoms with Crippen molar-refractivity contribution in [3.63, 3.8) is 0 Å². The first-order valence-corrected chi connectivity index (χ1v) is 6.11. The van der Waals surface area contributed by atoms with E-state index in [9.17, 15) is 4.39 Å². The maximum atomic E-state index is 14.2. The van der Waals surface area contributed by atoms with Gasteiger partial charge in [0.05, 0.1) is 13.3 Å². The van der Waals surface area contributed by atoms with Crippen molar-refractivity contribution in [3.05, 3.63) is 29.7 Å². The molecule has 1 aromatic heterocycles. The Hall–Kier alpha value is -2.04. The minimum Gasteiger partial charge on any atom is -0.496 e. The third-order valence-electron chi connectivity index (χ3n) is 3.18. The SMILES string of the molecule is COc1cc(-c2cnn(C)c2N)cc(F)c1C(C)C. The van der Waals surface area contributed by atoms with E-state index < -0.39 is 0 Å². The molecule has 5 heteroatoms. The third kappa shape index (κ3) is 2.28. The normalized spacial score (nSPS) is 11.1. The summed E-state index contributed by atoms with van der Waals surface area (Å²) in [5.41, 5.74) is 7.86. The lowest BCUT2D eigenvalue weighted by atomic mass is 9.97. The molecule has 0 atom stereocenters. The first-order valence-electron chi connectivity index (χ1n) is 6.11. The highest BCUT2D eigenvalue weighted by Gasteiger charge is 2.17. The Balaban J connectivity index is 2.61. The van der Waals surface area contributed by atoms with Crippen LogP contribution in [0, 0.1) is 5.82 Å². The number of halogens is 1. The largest absolute Gasteiger partial charge is 0.496 e. The molecule has 0 spiro atoms. The van der Waals surface area contributed by atoms with Crippen LogP contribution in [0.3, 0.4) is 0 Å². The molecule has 1 aromatic carbocycles. The quantitative estimate of drug-likeness (QED) is 0.926. The van der Waals surface area contributed by atoms with Crippen molar-refractivity contribution in [1.82, 2.24) is 9.78 Å². The lowest BCUT2D eigenvalue weighted by Gasteiger charge is -2.14. The van der Waals surface area contributed by atoms with Gasteiger partial charge in [0.2, 0.25) is 0 Å². The number of hydrogen-bond acceptors (Lipinski definition) is 3. The van der Waals surface area contributed by atoms with E-state index >= 15 is 0 Å². The molecule has 102 valence electrons. The second-order valence-corrected chi connectivity index (χ2v) is 4.80. The molecule has 2 N–H and O–H groups in total. The van der Waals surface area contributed by atoms with Crippen LogP contribution < -0.4 is 10.5 Å². The lowest BCUT2D eigenvalue weighted by Crippen LogP contribution is -2.01. The fraction of sp³-hybridized carbons (Fsp3) is 0.357. The molecule has 0 fully saturated rings. The van der Waals surface area contributed by atoms with Crippen LogP contribution >= 0.6 is 0 Å². The number of nitrogen functional groups attached to an aromatic ring is 1. The zero-order valence-electron chi connectivity index (χ0n) is 11.6.